The van der Waals surface area contributed by atoms with Gasteiger partial charge in [0, 0.05) is 23.8 Å². The van der Waals surface area contributed by atoms with Gasteiger partial charge in [0.25, 0.3) is 5.91 Å². The summed E-state index contributed by atoms with van der Waals surface area (Å²) >= 11 is 0. The van der Waals surface area contributed by atoms with Gasteiger partial charge in [0.05, 0.1) is 0 Å². The van der Waals surface area contributed by atoms with Crippen LogP contribution in [0.15, 0.2) is 24.3 Å². The van der Waals surface area contributed by atoms with Gasteiger partial charge in [0.15, 0.2) is 0 Å². The van der Waals surface area contributed by atoms with Gasteiger partial charge in [0.1, 0.15) is 0 Å². The van der Waals surface area contributed by atoms with Crippen molar-refractivity contribution in [3.8, 4) is 0 Å². The predicted molar refractivity (Wildman–Crippen MR) is 79.5 cm³/mol. The van der Waals surface area contributed by atoms with E-state index in [1.165, 1.54) is 25.7 Å². The van der Waals surface area contributed by atoms with Crippen molar-refractivity contribution in [1.29, 1.82) is 0 Å². The molecule has 0 aliphatic heterocycles. The standard InChI is InChI=1S/C16H24N2O/c1-3-12-7-6-10-15(12)18-14-9-5-8-13(11-14)16(19)17-4-2/h5,8-9,11-12,15,18H,3-4,6-7,10H2,1-2H3,(H,17,19). The van der Waals surface area contributed by atoms with Gasteiger partial charge in [-0.15, -0.1) is 0 Å². The van der Waals surface area contributed by atoms with Crippen molar-refractivity contribution in [2.75, 3.05) is 11.9 Å². The molecule has 0 saturated heterocycles. The zero-order chi connectivity index (χ0) is 13.7. The maximum absolute atomic E-state index is 11.8. The van der Waals surface area contributed by atoms with E-state index in [1.54, 1.807) is 0 Å². The Morgan fingerprint density at radius 2 is 2.16 bits per heavy atom. The quantitative estimate of drug-likeness (QED) is 0.851. The summed E-state index contributed by atoms with van der Waals surface area (Å²) in [5.74, 6) is 0.776. The molecule has 2 N–H and O–H groups in total. The van der Waals surface area contributed by atoms with Crippen LogP contribution >= 0.6 is 0 Å². The van der Waals surface area contributed by atoms with E-state index in [1.807, 2.05) is 31.2 Å². The maximum Gasteiger partial charge on any atom is 0.251 e. The van der Waals surface area contributed by atoms with E-state index in [0.717, 1.165) is 17.2 Å². The molecule has 0 heterocycles. The van der Waals surface area contributed by atoms with Crippen molar-refractivity contribution >= 4 is 11.6 Å². The Balaban J connectivity index is 2.04. The summed E-state index contributed by atoms with van der Waals surface area (Å²) in [5.41, 5.74) is 1.80. The number of benzene rings is 1. The van der Waals surface area contributed by atoms with Crippen LogP contribution in [0.1, 0.15) is 49.9 Å². The molecule has 104 valence electrons. The molecule has 0 spiro atoms. The third-order valence-electron chi connectivity index (χ3n) is 4.00. The van der Waals surface area contributed by atoms with E-state index in [9.17, 15) is 4.79 Å². The summed E-state index contributed by atoms with van der Waals surface area (Å²) < 4.78 is 0. The monoisotopic (exact) mass is 260 g/mol. The molecule has 19 heavy (non-hydrogen) atoms. The second-order valence-electron chi connectivity index (χ2n) is 5.29. The molecule has 2 atom stereocenters. The summed E-state index contributed by atoms with van der Waals surface area (Å²) in [7, 11) is 0. The molecule has 1 saturated carbocycles. The summed E-state index contributed by atoms with van der Waals surface area (Å²) in [4.78, 5) is 11.8. The fourth-order valence-corrected chi connectivity index (χ4v) is 2.94. The van der Waals surface area contributed by atoms with Crippen molar-refractivity contribution < 1.29 is 4.79 Å². The molecule has 1 fully saturated rings. The molecule has 1 aliphatic rings. The highest BCUT2D eigenvalue weighted by Crippen LogP contribution is 2.30. The molecule has 0 bridgehead atoms. The van der Waals surface area contributed by atoms with Gasteiger partial charge in [-0.2, -0.15) is 0 Å². The number of hydrogen-bond acceptors (Lipinski definition) is 2. The summed E-state index contributed by atoms with van der Waals surface area (Å²) in [6, 6.07) is 8.38. The van der Waals surface area contributed by atoms with Crippen LogP contribution in [-0.2, 0) is 0 Å². The van der Waals surface area contributed by atoms with Crippen molar-refractivity contribution in [2.45, 2.75) is 45.6 Å². The zero-order valence-corrected chi connectivity index (χ0v) is 11.9. The topological polar surface area (TPSA) is 41.1 Å². The van der Waals surface area contributed by atoms with Crippen LogP contribution < -0.4 is 10.6 Å². The SMILES string of the molecule is CCNC(=O)c1cccc(NC2CCCC2CC)c1. The molecule has 2 rings (SSSR count). The van der Waals surface area contributed by atoms with Crippen LogP contribution in [0.4, 0.5) is 5.69 Å². The Morgan fingerprint density at radius 3 is 2.89 bits per heavy atom. The van der Waals surface area contributed by atoms with Crippen LogP contribution in [0.2, 0.25) is 0 Å². The lowest BCUT2D eigenvalue weighted by Crippen LogP contribution is -2.25. The predicted octanol–water partition coefficient (Wildman–Crippen LogP) is 3.43. The van der Waals surface area contributed by atoms with E-state index < -0.39 is 0 Å². The van der Waals surface area contributed by atoms with E-state index in [2.05, 4.69) is 17.6 Å². The highest BCUT2D eigenvalue weighted by atomic mass is 16.1. The number of rotatable bonds is 5. The number of carbonyl (C=O) groups is 1. The van der Waals surface area contributed by atoms with Gasteiger partial charge in [-0.3, -0.25) is 4.79 Å². The van der Waals surface area contributed by atoms with E-state index in [-0.39, 0.29) is 5.91 Å². The Bertz CT molecular complexity index is 431. The number of hydrogen-bond donors (Lipinski definition) is 2. The van der Waals surface area contributed by atoms with Gasteiger partial charge in [-0.05, 0) is 43.9 Å². The third-order valence-corrected chi connectivity index (χ3v) is 4.00. The first-order chi connectivity index (χ1) is 9.24. The lowest BCUT2D eigenvalue weighted by Gasteiger charge is -2.21. The molecule has 3 nitrogen and oxygen atoms in total. The average molecular weight is 260 g/mol. The Hall–Kier alpha value is -1.51. The summed E-state index contributed by atoms with van der Waals surface area (Å²) in [5, 5.41) is 6.44. The average Bonchev–Trinajstić information content (AvgIpc) is 2.86. The second kappa shape index (κ2) is 6.60. The minimum atomic E-state index is 0.00427. The van der Waals surface area contributed by atoms with Gasteiger partial charge >= 0.3 is 0 Å². The minimum Gasteiger partial charge on any atom is -0.382 e. The molecule has 1 aromatic rings. The summed E-state index contributed by atoms with van der Waals surface area (Å²) in [6.45, 7) is 4.86. The molecular weight excluding hydrogens is 236 g/mol. The molecule has 1 aromatic carbocycles. The van der Waals surface area contributed by atoms with Crippen LogP contribution in [-0.4, -0.2) is 18.5 Å². The van der Waals surface area contributed by atoms with Crippen molar-refractivity contribution in [3.63, 3.8) is 0 Å². The smallest absolute Gasteiger partial charge is 0.251 e. The molecule has 2 unspecified atom stereocenters. The van der Waals surface area contributed by atoms with Gasteiger partial charge in [-0.25, -0.2) is 0 Å². The second-order valence-corrected chi connectivity index (χ2v) is 5.29. The van der Waals surface area contributed by atoms with Gasteiger partial charge < -0.3 is 10.6 Å². The fourth-order valence-electron chi connectivity index (χ4n) is 2.94. The lowest BCUT2D eigenvalue weighted by molar-refractivity contribution is 0.0956. The zero-order valence-electron chi connectivity index (χ0n) is 11.9. The van der Waals surface area contributed by atoms with Crippen molar-refractivity contribution in [3.05, 3.63) is 29.8 Å². The maximum atomic E-state index is 11.8. The molecule has 3 heteroatoms. The lowest BCUT2D eigenvalue weighted by atomic mass is 10.0. The molecular formula is C16H24N2O. The summed E-state index contributed by atoms with van der Waals surface area (Å²) in [6.07, 6.45) is 5.11. The largest absolute Gasteiger partial charge is 0.382 e. The Morgan fingerprint density at radius 1 is 1.32 bits per heavy atom. The normalized spacial score (nSPS) is 22.2. The van der Waals surface area contributed by atoms with Crippen LogP contribution in [0, 0.1) is 5.92 Å². The van der Waals surface area contributed by atoms with Gasteiger partial charge in [0.2, 0.25) is 0 Å². The molecule has 1 aliphatic carbocycles. The van der Waals surface area contributed by atoms with Crippen molar-refractivity contribution in [1.82, 2.24) is 5.32 Å². The first-order valence-electron chi connectivity index (χ1n) is 7.39. The van der Waals surface area contributed by atoms with Crippen LogP contribution in [0.3, 0.4) is 0 Å². The third kappa shape index (κ3) is 3.49. The number of anilines is 1. The Kier molecular flexibility index (Phi) is 4.83. The fraction of sp³-hybridized carbons (Fsp3) is 0.562. The first kappa shape index (κ1) is 13.9. The molecule has 1 amide bonds. The number of amides is 1. The number of carbonyl (C=O) groups excluding carboxylic acids is 1. The van der Waals surface area contributed by atoms with Gasteiger partial charge in [-0.1, -0.05) is 25.8 Å². The molecule has 0 radical (unpaired) electrons. The van der Waals surface area contributed by atoms with Crippen LogP contribution in [0.25, 0.3) is 0 Å². The Labute approximate surface area is 115 Å². The highest BCUT2D eigenvalue weighted by Gasteiger charge is 2.25. The van der Waals surface area contributed by atoms with E-state index >= 15 is 0 Å². The van der Waals surface area contributed by atoms with E-state index in [0.29, 0.717) is 12.6 Å². The number of nitrogens with one attached hydrogen (secondary N) is 2. The minimum absolute atomic E-state index is 0.00427. The highest BCUT2D eigenvalue weighted by molar-refractivity contribution is 5.95. The first-order valence-corrected chi connectivity index (χ1v) is 7.39. The van der Waals surface area contributed by atoms with E-state index in [4.69, 9.17) is 0 Å². The molecule has 0 aromatic heterocycles. The van der Waals surface area contributed by atoms with Crippen molar-refractivity contribution in [2.24, 2.45) is 5.92 Å². The van der Waals surface area contributed by atoms with Crippen LogP contribution in [0.5, 0.6) is 0 Å².